The van der Waals surface area contributed by atoms with Gasteiger partial charge in [0.2, 0.25) is 0 Å². The van der Waals surface area contributed by atoms with Gasteiger partial charge in [0.25, 0.3) is 11.8 Å². The largest absolute Gasteiger partial charge is 0.490 e. The molecule has 0 atom stereocenters. The summed E-state index contributed by atoms with van der Waals surface area (Å²) in [4.78, 5) is 38.9. The smallest absolute Gasteiger partial charge is 0.335 e. The molecule has 0 spiro atoms. The molecule has 8 nitrogen and oxygen atoms in total. The highest BCUT2D eigenvalue weighted by atomic mass is 79.9. The number of halogens is 2. The fourth-order valence-corrected chi connectivity index (χ4v) is 3.88. The maximum Gasteiger partial charge on any atom is 0.335 e. The second-order valence-corrected chi connectivity index (χ2v) is 9.08. The molecule has 1 N–H and O–H groups in total. The van der Waals surface area contributed by atoms with E-state index in [2.05, 4.69) is 21.2 Å². The van der Waals surface area contributed by atoms with Crippen molar-refractivity contribution in [1.82, 2.24) is 5.32 Å². The molecule has 4 rings (SSSR count). The van der Waals surface area contributed by atoms with Gasteiger partial charge in [-0.1, -0.05) is 33.6 Å². The lowest BCUT2D eigenvalue weighted by molar-refractivity contribution is -0.122. The van der Waals surface area contributed by atoms with Gasteiger partial charge in [-0.2, -0.15) is 0 Å². The minimum Gasteiger partial charge on any atom is -0.490 e. The molecule has 1 saturated heterocycles. The van der Waals surface area contributed by atoms with Gasteiger partial charge in [-0.25, -0.2) is 9.69 Å². The molecule has 1 aliphatic heterocycles. The number of nitrogens with one attached hydrogen (secondary N) is 1. The van der Waals surface area contributed by atoms with Crippen molar-refractivity contribution in [2.75, 3.05) is 24.7 Å². The first-order valence-corrected chi connectivity index (χ1v) is 12.5. The lowest BCUT2D eigenvalue weighted by Gasteiger charge is -2.26. The highest BCUT2D eigenvalue weighted by Crippen LogP contribution is 2.30. The van der Waals surface area contributed by atoms with Crippen molar-refractivity contribution in [2.45, 2.75) is 6.92 Å². The van der Waals surface area contributed by atoms with Gasteiger partial charge < -0.3 is 14.2 Å². The Morgan fingerprint density at radius 2 is 1.59 bits per heavy atom. The standard InChI is InChI=1S/C27H22BrClN2O6/c1-2-35-24-16-17(3-12-23(24)37-14-13-36-21-10-4-18(28)5-11-21)15-22-25(32)30-27(34)31(26(22)33)20-8-6-19(29)7-9-20/h3-12,15-16H,2,13-14H2,1H3,(H,30,32,34)/b22-15-. The molecule has 0 saturated carbocycles. The van der Waals surface area contributed by atoms with E-state index < -0.39 is 17.8 Å². The van der Waals surface area contributed by atoms with E-state index in [4.69, 9.17) is 25.8 Å². The lowest BCUT2D eigenvalue weighted by Crippen LogP contribution is -2.54. The number of carbonyl (C=O) groups excluding carboxylic acids is 3. The monoisotopic (exact) mass is 584 g/mol. The Morgan fingerprint density at radius 3 is 2.30 bits per heavy atom. The van der Waals surface area contributed by atoms with Crippen LogP contribution in [0.4, 0.5) is 10.5 Å². The summed E-state index contributed by atoms with van der Waals surface area (Å²) in [6.45, 7) is 2.81. The first-order chi connectivity index (χ1) is 17.9. The van der Waals surface area contributed by atoms with E-state index in [9.17, 15) is 14.4 Å². The van der Waals surface area contributed by atoms with Crippen LogP contribution in [-0.2, 0) is 9.59 Å². The highest BCUT2D eigenvalue weighted by molar-refractivity contribution is 9.10. The number of ether oxygens (including phenoxy) is 3. The average Bonchev–Trinajstić information content (AvgIpc) is 2.87. The fourth-order valence-electron chi connectivity index (χ4n) is 3.49. The molecular formula is C27H22BrClN2O6. The van der Waals surface area contributed by atoms with Gasteiger partial charge in [0.05, 0.1) is 12.3 Å². The van der Waals surface area contributed by atoms with Crippen molar-refractivity contribution >= 4 is 57.1 Å². The number of hydrogen-bond acceptors (Lipinski definition) is 6. The van der Waals surface area contributed by atoms with Gasteiger partial charge in [0, 0.05) is 9.50 Å². The second-order valence-electron chi connectivity index (χ2n) is 7.72. The van der Waals surface area contributed by atoms with Crippen LogP contribution in [0.25, 0.3) is 6.08 Å². The van der Waals surface area contributed by atoms with Gasteiger partial charge in [-0.3, -0.25) is 14.9 Å². The summed E-state index contributed by atoms with van der Waals surface area (Å²) in [5.41, 5.74) is 0.605. The van der Waals surface area contributed by atoms with Crippen molar-refractivity contribution in [3.05, 3.63) is 87.4 Å². The van der Waals surface area contributed by atoms with Crippen molar-refractivity contribution in [3.8, 4) is 17.2 Å². The van der Waals surface area contributed by atoms with Gasteiger partial charge in [0.15, 0.2) is 11.5 Å². The third-order valence-corrected chi connectivity index (χ3v) is 5.97. The van der Waals surface area contributed by atoms with Crippen LogP contribution < -0.4 is 24.4 Å². The summed E-state index contributed by atoms with van der Waals surface area (Å²) in [5.74, 6) is 0.110. The Balaban J connectivity index is 1.50. The molecule has 3 aromatic carbocycles. The Kier molecular flexibility index (Phi) is 8.47. The van der Waals surface area contributed by atoms with Crippen molar-refractivity contribution in [1.29, 1.82) is 0 Å². The van der Waals surface area contributed by atoms with E-state index in [1.807, 2.05) is 31.2 Å². The molecule has 1 heterocycles. The van der Waals surface area contributed by atoms with Crippen LogP contribution in [0.1, 0.15) is 12.5 Å². The number of benzene rings is 3. The zero-order chi connectivity index (χ0) is 26.4. The molecule has 37 heavy (non-hydrogen) atoms. The number of imide groups is 2. The van der Waals surface area contributed by atoms with Crippen molar-refractivity contribution in [2.24, 2.45) is 0 Å². The molecule has 3 aromatic rings. The number of hydrogen-bond donors (Lipinski definition) is 1. The van der Waals surface area contributed by atoms with E-state index in [1.54, 1.807) is 30.3 Å². The maximum atomic E-state index is 13.1. The van der Waals surface area contributed by atoms with E-state index >= 15 is 0 Å². The zero-order valence-corrected chi connectivity index (χ0v) is 22.0. The summed E-state index contributed by atoms with van der Waals surface area (Å²) in [6, 6.07) is 17.8. The maximum absolute atomic E-state index is 13.1. The Labute approximate surface area is 226 Å². The molecular weight excluding hydrogens is 564 g/mol. The molecule has 10 heteroatoms. The summed E-state index contributed by atoms with van der Waals surface area (Å²) in [6.07, 6.45) is 1.40. The second kappa shape index (κ2) is 11.9. The average molecular weight is 586 g/mol. The van der Waals surface area contributed by atoms with Crippen molar-refractivity contribution in [3.63, 3.8) is 0 Å². The number of urea groups is 1. The third kappa shape index (κ3) is 6.49. The van der Waals surface area contributed by atoms with Crippen LogP contribution in [0, 0.1) is 0 Å². The number of rotatable bonds is 9. The number of nitrogens with zero attached hydrogens (tertiary/aromatic N) is 1. The molecule has 0 bridgehead atoms. The van der Waals surface area contributed by atoms with Gasteiger partial charge in [-0.05, 0) is 79.2 Å². The number of amides is 4. The summed E-state index contributed by atoms with van der Waals surface area (Å²) in [5, 5.41) is 2.65. The molecule has 0 unspecified atom stereocenters. The lowest BCUT2D eigenvalue weighted by atomic mass is 10.1. The van der Waals surface area contributed by atoms with E-state index in [0.29, 0.717) is 35.3 Å². The Hall–Kier alpha value is -3.82. The number of anilines is 1. The molecule has 0 radical (unpaired) electrons. The molecule has 190 valence electrons. The van der Waals surface area contributed by atoms with Crippen LogP contribution in [0.2, 0.25) is 5.02 Å². The Morgan fingerprint density at radius 1 is 0.892 bits per heavy atom. The molecule has 1 aliphatic rings. The van der Waals surface area contributed by atoms with Crippen LogP contribution in [0.3, 0.4) is 0 Å². The first-order valence-electron chi connectivity index (χ1n) is 11.3. The summed E-state index contributed by atoms with van der Waals surface area (Å²) < 4.78 is 18.2. The fraction of sp³-hybridized carbons (Fsp3) is 0.148. The molecule has 4 amide bonds. The predicted molar refractivity (Wildman–Crippen MR) is 143 cm³/mol. The van der Waals surface area contributed by atoms with Crippen LogP contribution in [0.5, 0.6) is 17.2 Å². The summed E-state index contributed by atoms with van der Waals surface area (Å²) in [7, 11) is 0. The molecule has 1 fully saturated rings. The Bertz CT molecular complexity index is 1340. The third-order valence-electron chi connectivity index (χ3n) is 5.19. The minimum absolute atomic E-state index is 0.200. The van der Waals surface area contributed by atoms with Gasteiger partial charge in [-0.15, -0.1) is 0 Å². The summed E-state index contributed by atoms with van der Waals surface area (Å²) >= 11 is 9.29. The van der Waals surface area contributed by atoms with E-state index in [1.165, 1.54) is 18.2 Å². The minimum atomic E-state index is -0.835. The first kappa shape index (κ1) is 26.2. The quantitative estimate of drug-likeness (QED) is 0.199. The predicted octanol–water partition coefficient (Wildman–Crippen LogP) is 5.63. The SMILES string of the molecule is CCOc1cc(/C=C2/C(=O)NC(=O)N(c3ccc(Cl)cc3)C2=O)ccc1OCCOc1ccc(Br)cc1. The van der Waals surface area contributed by atoms with Gasteiger partial charge >= 0.3 is 6.03 Å². The normalized spacial score (nSPS) is 14.5. The van der Waals surface area contributed by atoms with Crippen LogP contribution in [0.15, 0.2) is 76.8 Å². The van der Waals surface area contributed by atoms with Gasteiger partial charge in [0.1, 0.15) is 24.5 Å². The molecule has 0 aliphatic carbocycles. The number of barbiturate groups is 1. The van der Waals surface area contributed by atoms with Crippen LogP contribution in [-0.4, -0.2) is 37.7 Å². The topological polar surface area (TPSA) is 94.2 Å². The highest BCUT2D eigenvalue weighted by Gasteiger charge is 2.36. The van der Waals surface area contributed by atoms with E-state index in [0.717, 1.165) is 15.1 Å². The molecule has 0 aromatic heterocycles. The zero-order valence-electron chi connectivity index (χ0n) is 19.7. The number of carbonyl (C=O) groups is 3. The van der Waals surface area contributed by atoms with Crippen LogP contribution >= 0.6 is 27.5 Å². The van der Waals surface area contributed by atoms with E-state index in [-0.39, 0.29) is 17.9 Å². The van der Waals surface area contributed by atoms with Crippen molar-refractivity contribution < 1.29 is 28.6 Å².